The Bertz CT molecular complexity index is 668. The van der Waals surface area contributed by atoms with Gasteiger partial charge in [-0.05, 0) is 37.2 Å². The number of carbonyl (C=O) groups excluding carboxylic acids is 1. The number of aromatic nitrogens is 1. The molecule has 1 aliphatic rings. The van der Waals surface area contributed by atoms with E-state index in [4.69, 9.17) is 11.8 Å². The van der Waals surface area contributed by atoms with E-state index in [-0.39, 0.29) is 5.91 Å². The fourth-order valence-corrected chi connectivity index (χ4v) is 2.73. The highest BCUT2D eigenvalue weighted by molar-refractivity contribution is 6.25. The molecule has 21 heavy (non-hydrogen) atoms. The number of nitrogens with zero attached hydrogens (tertiary/aromatic N) is 2. The Balaban J connectivity index is 2.03. The number of halogens is 1. The summed E-state index contributed by atoms with van der Waals surface area (Å²) >= 11 is 5.77. The van der Waals surface area contributed by atoms with Crippen LogP contribution in [0, 0.1) is 0 Å². The molecule has 1 aromatic carbocycles. The summed E-state index contributed by atoms with van der Waals surface area (Å²) in [7, 11) is 1.52. The fourth-order valence-electron chi connectivity index (χ4n) is 2.63. The first kappa shape index (κ1) is 14.1. The van der Waals surface area contributed by atoms with Gasteiger partial charge in [0.05, 0.1) is 11.1 Å². The van der Waals surface area contributed by atoms with E-state index < -0.39 is 0 Å². The van der Waals surface area contributed by atoms with Crippen LogP contribution >= 0.6 is 11.8 Å². The largest absolute Gasteiger partial charge is 0.380 e. The molecule has 1 aliphatic heterocycles. The van der Waals surface area contributed by atoms with E-state index in [1.165, 1.54) is 7.05 Å². The molecule has 0 radical (unpaired) electrons. The first-order valence-corrected chi connectivity index (χ1v) is 7.29. The second-order valence-corrected chi connectivity index (χ2v) is 5.68. The number of anilines is 1. The van der Waals surface area contributed by atoms with Gasteiger partial charge >= 0.3 is 0 Å². The first-order chi connectivity index (χ1) is 10.2. The molecule has 0 bridgehead atoms. The molecule has 1 atom stereocenters. The van der Waals surface area contributed by atoms with Crippen molar-refractivity contribution in [1.82, 2.24) is 14.7 Å². The minimum Gasteiger partial charge on any atom is -0.380 e. The van der Waals surface area contributed by atoms with Gasteiger partial charge in [-0.2, -0.15) is 0 Å². The van der Waals surface area contributed by atoms with Crippen LogP contribution in [-0.4, -0.2) is 41.5 Å². The van der Waals surface area contributed by atoms with Crippen LogP contribution in [0.3, 0.4) is 0 Å². The van der Waals surface area contributed by atoms with Crippen LogP contribution < -0.4 is 10.6 Å². The first-order valence-electron chi connectivity index (χ1n) is 6.95. The van der Waals surface area contributed by atoms with Crippen molar-refractivity contribution in [2.75, 3.05) is 25.5 Å². The Morgan fingerprint density at radius 2 is 2.33 bits per heavy atom. The summed E-state index contributed by atoms with van der Waals surface area (Å²) in [6.07, 6.45) is 2.78. The Labute approximate surface area is 128 Å². The number of fused-ring (bicyclic) bond motifs is 1. The van der Waals surface area contributed by atoms with Gasteiger partial charge in [0.15, 0.2) is 0 Å². The minimum absolute atomic E-state index is 0.255. The number of nitrogens with one attached hydrogen (secondary N) is 2. The molecule has 3 rings (SSSR count). The number of pyridine rings is 1. The quantitative estimate of drug-likeness (QED) is 0.854. The molecule has 0 saturated carbocycles. The summed E-state index contributed by atoms with van der Waals surface area (Å²) in [5.74, 6) is -0.255. The van der Waals surface area contributed by atoms with Crippen molar-refractivity contribution in [1.29, 1.82) is 0 Å². The van der Waals surface area contributed by atoms with Crippen LogP contribution in [0.5, 0.6) is 0 Å². The second-order valence-electron chi connectivity index (χ2n) is 5.18. The third-order valence-electron chi connectivity index (χ3n) is 3.70. The molecule has 2 N–H and O–H groups in total. The van der Waals surface area contributed by atoms with Crippen molar-refractivity contribution >= 4 is 34.3 Å². The molecule has 0 unspecified atom stereocenters. The molecule has 1 saturated heterocycles. The molecule has 2 heterocycles. The number of hydrogen-bond acceptors (Lipinski definition) is 4. The van der Waals surface area contributed by atoms with Crippen molar-refractivity contribution in [3.05, 3.63) is 36.0 Å². The summed E-state index contributed by atoms with van der Waals surface area (Å²) in [5, 5.41) is 7.79. The molecular weight excluding hydrogens is 288 g/mol. The normalized spacial score (nSPS) is 17.9. The molecule has 0 spiro atoms. The van der Waals surface area contributed by atoms with Gasteiger partial charge in [0.2, 0.25) is 0 Å². The highest BCUT2D eigenvalue weighted by atomic mass is 35.5. The maximum Gasteiger partial charge on any atom is 0.270 e. The van der Waals surface area contributed by atoms with Crippen LogP contribution in [0.15, 0.2) is 30.5 Å². The Morgan fingerprint density at radius 3 is 3.05 bits per heavy atom. The monoisotopic (exact) mass is 304 g/mol. The second kappa shape index (κ2) is 5.87. The molecule has 110 valence electrons. The van der Waals surface area contributed by atoms with E-state index in [2.05, 4.69) is 15.6 Å². The number of amides is 1. The van der Waals surface area contributed by atoms with E-state index in [0.717, 1.165) is 35.0 Å². The third kappa shape index (κ3) is 2.80. The molecule has 2 aromatic rings. The van der Waals surface area contributed by atoms with E-state index in [9.17, 15) is 4.79 Å². The van der Waals surface area contributed by atoms with Crippen LogP contribution in [0.2, 0.25) is 0 Å². The van der Waals surface area contributed by atoms with Crippen molar-refractivity contribution in [3.63, 3.8) is 0 Å². The zero-order valence-electron chi connectivity index (χ0n) is 11.8. The van der Waals surface area contributed by atoms with Crippen molar-refractivity contribution in [2.24, 2.45) is 0 Å². The van der Waals surface area contributed by atoms with E-state index in [1.807, 2.05) is 18.2 Å². The van der Waals surface area contributed by atoms with Gasteiger partial charge in [0.1, 0.15) is 0 Å². The molecule has 1 aromatic heterocycles. The van der Waals surface area contributed by atoms with Gasteiger partial charge in [-0.3, -0.25) is 14.2 Å². The van der Waals surface area contributed by atoms with Gasteiger partial charge in [0, 0.05) is 48.7 Å². The summed E-state index contributed by atoms with van der Waals surface area (Å²) < 4.78 is 1.05. The SMILES string of the molecule is CN(Cl)C(=O)c1ccc(N[C@H]2CCNC2)c2cccnc12. The van der Waals surface area contributed by atoms with E-state index in [1.54, 1.807) is 12.3 Å². The molecule has 6 heteroatoms. The van der Waals surface area contributed by atoms with Gasteiger partial charge in [-0.25, -0.2) is 0 Å². The maximum atomic E-state index is 12.1. The minimum atomic E-state index is -0.255. The summed E-state index contributed by atoms with van der Waals surface area (Å²) in [6, 6.07) is 7.96. The highest BCUT2D eigenvalue weighted by Gasteiger charge is 2.19. The van der Waals surface area contributed by atoms with Crippen molar-refractivity contribution in [2.45, 2.75) is 12.5 Å². The zero-order valence-corrected chi connectivity index (χ0v) is 12.5. The third-order valence-corrected chi connectivity index (χ3v) is 3.85. The van der Waals surface area contributed by atoms with Crippen LogP contribution in [0.4, 0.5) is 5.69 Å². The Morgan fingerprint density at radius 1 is 1.48 bits per heavy atom. The Kier molecular flexibility index (Phi) is 3.94. The van der Waals surface area contributed by atoms with Crippen molar-refractivity contribution < 1.29 is 4.79 Å². The summed E-state index contributed by atoms with van der Waals surface area (Å²) in [5.41, 5.74) is 2.18. The van der Waals surface area contributed by atoms with Crippen LogP contribution in [0.25, 0.3) is 10.9 Å². The number of carbonyl (C=O) groups is 1. The molecular formula is C15H17ClN4O. The number of hydrogen-bond donors (Lipinski definition) is 2. The van der Waals surface area contributed by atoms with Gasteiger partial charge in [-0.1, -0.05) is 0 Å². The van der Waals surface area contributed by atoms with Crippen LogP contribution in [0.1, 0.15) is 16.8 Å². The maximum absolute atomic E-state index is 12.1. The van der Waals surface area contributed by atoms with Crippen LogP contribution in [-0.2, 0) is 0 Å². The summed E-state index contributed by atoms with van der Waals surface area (Å²) in [4.78, 5) is 16.5. The molecule has 0 aliphatic carbocycles. The van der Waals surface area contributed by atoms with E-state index >= 15 is 0 Å². The lowest BCUT2D eigenvalue weighted by Crippen LogP contribution is -2.22. The molecule has 1 amide bonds. The lowest BCUT2D eigenvalue weighted by molar-refractivity contribution is 0.0886. The molecule has 5 nitrogen and oxygen atoms in total. The lowest BCUT2D eigenvalue weighted by Gasteiger charge is -2.17. The Hall–Kier alpha value is -1.85. The predicted molar refractivity (Wildman–Crippen MR) is 84.6 cm³/mol. The lowest BCUT2D eigenvalue weighted by atomic mass is 10.1. The predicted octanol–water partition coefficient (Wildman–Crippen LogP) is 2.23. The van der Waals surface area contributed by atoms with Gasteiger partial charge < -0.3 is 10.6 Å². The summed E-state index contributed by atoms with van der Waals surface area (Å²) in [6.45, 7) is 1.98. The number of rotatable bonds is 3. The van der Waals surface area contributed by atoms with Gasteiger partial charge in [0.25, 0.3) is 5.91 Å². The fraction of sp³-hybridized carbons (Fsp3) is 0.333. The standard InChI is InChI=1S/C15H17ClN4O/c1-20(16)15(21)12-4-5-13(19-10-6-8-17-9-10)11-3-2-7-18-14(11)12/h2-5,7,10,17,19H,6,8-9H2,1H3/t10-/m0/s1. The topological polar surface area (TPSA) is 57.3 Å². The highest BCUT2D eigenvalue weighted by Crippen LogP contribution is 2.27. The average Bonchev–Trinajstić information content (AvgIpc) is 3.00. The van der Waals surface area contributed by atoms with Gasteiger partial charge in [-0.15, -0.1) is 0 Å². The van der Waals surface area contributed by atoms with Crippen molar-refractivity contribution in [3.8, 4) is 0 Å². The van der Waals surface area contributed by atoms with E-state index in [0.29, 0.717) is 17.1 Å². The smallest absolute Gasteiger partial charge is 0.270 e. The average molecular weight is 305 g/mol. The molecule has 1 fully saturated rings. The number of benzene rings is 1. The zero-order chi connectivity index (χ0) is 14.8.